The average molecular weight is 385 g/mol. The second-order valence-corrected chi connectivity index (χ2v) is 6.46. The molecule has 4 rings (SSSR count). The summed E-state index contributed by atoms with van der Waals surface area (Å²) < 4.78 is 12.4. The standard InChI is InChI=1S/C19H17ClN4O3/c1-3-4-12-9-21-19(27-12)13-10-22-24-17(25)8-15(23-18(13)24)11-5-6-14(20)16(7-11)26-2/h5-10,22H,3-4H2,1-2H3. The molecule has 0 unspecified atom stereocenters. The van der Waals surface area contributed by atoms with Gasteiger partial charge in [-0.2, -0.15) is 0 Å². The molecule has 3 aromatic heterocycles. The van der Waals surface area contributed by atoms with Gasteiger partial charge in [-0.1, -0.05) is 24.6 Å². The van der Waals surface area contributed by atoms with Gasteiger partial charge >= 0.3 is 0 Å². The molecule has 8 heteroatoms. The van der Waals surface area contributed by atoms with E-state index in [-0.39, 0.29) is 5.56 Å². The first-order valence-corrected chi connectivity index (χ1v) is 8.88. The lowest BCUT2D eigenvalue weighted by Gasteiger charge is -2.06. The first kappa shape index (κ1) is 17.4. The van der Waals surface area contributed by atoms with E-state index in [9.17, 15) is 4.79 Å². The maximum atomic E-state index is 12.5. The van der Waals surface area contributed by atoms with Crippen LogP contribution < -0.4 is 10.3 Å². The number of oxazole rings is 1. The fraction of sp³-hybridized carbons (Fsp3) is 0.211. The van der Waals surface area contributed by atoms with E-state index >= 15 is 0 Å². The molecule has 0 aliphatic rings. The molecule has 0 atom stereocenters. The monoisotopic (exact) mass is 384 g/mol. The summed E-state index contributed by atoms with van der Waals surface area (Å²) in [7, 11) is 1.54. The maximum absolute atomic E-state index is 12.5. The van der Waals surface area contributed by atoms with Crippen LogP contribution in [-0.2, 0) is 6.42 Å². The SMILES string of the molecule is CCCc1cnc(-c2c[nH]n3c(=O)cc(-c4ccc(Cl)c(OC)c4)nc23)o1. The number of nitrogens with one attached hydrogen (secondary N) is 1. The van der Waals surface area contributed by atoms with Gasteiger partial charge in [0.25, 0.3) is 5.56 Å². The van der Waals surface area contributed by atoms with Crippen LogP contribution in [0.1, 0.15) is 19.1 Å². The van der Waals surface area contributed by atoms with Crippen molar-refractivity contribution in [2.24, 2.45) is 0 Å². The molecule has 0 amide bonds. The highest BCUT2D eigenvalue weighted by Gasteiger charge is 2.16. The summed E-state index contributed by atoms with van der Waals surface area (Å²) in [4.78, 5) is 21.5. The largest absolute Gasteiger partial charge is 0.495 e. The van der Waals surface area contributed by atoms with E-state index in [0.717, 1.165) is 24.2 Å². The minimum Gasteiger partial charge on any atom is -0.495 e. The highest BCUT2D eigenvalue weighted by atomic mass is 35.5. The van der Waals surface area contributed by atoms with E-state index in [1.807, 2.05) is 0 Å². The number of benzene rings is 1. The summed E-state index contributed by atoms with van der Waals surface area (Å²) in [6.07, 6.45) is 5.13. The van der Waals surface area contributed by atoms with E-state index in [4.69, 9.17) is 20.8 Å². The Morgan fingerprint density at radius 3 is 2.96 bits per heavy atom. The number of methoxy groups -OCH3 is 1. The summed E-state index contributed by atoms with van der Waals surface area (Å²) in [6, 6.07) is 6.70. The number of H-pyrrole nitrogens is 1. The molecule has 0 saturated heterocycles. The van der Waals surface area contributed by atoms with E-state index in [0.29, 0.717) is 33.6 Å². The van der Waals surface area contributed by atoms with Gasteiger partial charge in [-0.05, 0) is 18.6 Å². The number of aromatic nitrogens is 4. The summed E-state index contributed by atoms with van der Waals surface area (Å²) in [5, 5.41) is 3.39. The first-order valence-electron chi connectivity index (χ1n) is 8.51. The normalized spacial score (nSPS) is 11.2. The van der Waals surface area contributed by atoms with Gasteiger partial charge in [0.1, 0.15) is 11.5 Å². The van der Waals surface area contributed by atoms with Crippen molar-refractivity contribution in [3.63, 3.8) is 0 Å². The van der Waals surface area contributed by atoms with Crippen molar-refractivity contribution in [1.82, 2.24) is 19.6 Å². The van der Waals surface area contributed by atoms with Crippen molar-refractivity contribution in [2.75, 3.05) is 7.11 Å². The third-order valence-corrected chi connectivity index (χ3v) is 4.54. The van der Waals surface area contributed by atoms with Crippen LogP contribution in [0.25, 0.3) is 28.4 Å². The van der Waals surface area contributed by atoms with E-state index in [1.54, 1.807) is 30.6 Å². The third kappa shape index (κ3) is 3.10. The second-order valence-electron chi connectivity index (χ2n) is 6.06. The van der Waals surface area contributed by atoms with Gasteiger partial charge < -0.3 is 9.15 Å². The van der Waals surface area contributed by atoms with Crippen molar-refractivity contribution in [1.29, 1.82) is 0 Å². The number of fused-ring (bicyclic) bond motifs is 1. The van der Waals surface area contributed by atoms with Gasteiger partial charge in [-0.3, -0.25) is 9.89 Å². The fourth-order valence-electron chi connectivity index (χ4n) is 2.90. The Morgan fingerprint density at radius 1 is 1.33 bits per heavy atom. The number of aromatic amines is 1. The van der Waals surface area contributed by atoms with Crippen LogP contribution in [0.15, 0.2) is 45.9 Å². The lowest BCUT2D eigenvalue weighted by Crippen LogP contribution is -2.14. The molecule has 1 N–H and O–H groups in total. The number of ether oxygens (including phenoxy) is 1. The zero-order valence-corrected chi connectivity index (χ0v) is 15.6. The first-order chi connectivity index (χ1) is 13.1. The molecule has 0 fully saturated rings. The smallest absolute Gasteiger partial charge is 0.273 e. The number of aryl methyl sites for hydroxylation is 1. The molecule has 0 bridgehead atoms. The van der Waals surface area contributed by atoms with Crippen molar-refractivity contribution in [3.05, 3.63) is 57.8 Å². The van der Waals surface area contributed by atoms with E-state index in [2.05, 4.69) is 22.0 Å². The van der Waals surface area contributed by atoms with Crippen LogP contribution >= 0.6 is 11.6 Å². The number of nitrogens with zero attached hydrogens (tertiary/aromatic N) is 3. The summed E-state index contributed by atoms with van der Waals surface area (Å²) in [5.74, 6) is 1.74. The van der Waals surface area contributed by atoms with Crippen LogP contribution in [0.4, 0.5) is 0 Å². The summed E-state index contributed by atoms with van der Waals surface area (Å²) in [5.41, 5.74) is 2.06. The van der Waals surface area contributed by atoms with Crippen LogP contribution in [0.3, 0.4) is 0 Å². The van der Waals surface area contributed by atoms with Gasteiger partial charge in [0, 0.05) is 24.2 Å². The van der Waals surface area contributed by atoms with Crippen molar-refractivity contribution in [3.8, 4) is 28.5 Å². The van der Waals surface area contributed by atoms with Gasteiger partial charge in [-0.15, -0.1) is 0 Å². The summed E-state index contributed by atoms with van der Waals surface area (Å²) in [6.45, 7) is 2.07. The molecule has 0 saturated carbocycles. The van der Waals surface area contributed by atoms with Crippen LogP contribution in [0.5, 0.6) is 5.75 Å². The zero-order chi connectivity index (χ0) is 19.0. The van der Waals surface area contributed by atoms with Crippen LogP contribution in [-0.4, -0.2) is 26.7 Å². The molecule has 3 heterocycles. The molecule has 7 nitrogen and oxygen atoms in total. The van der Waals surface area contributed by atoms with E-state index in [1.165, 1.54) is 17.7 Å². The Bertz CT molecular complexity index is 1180. The topological polar surface area (TPSA) is 85.4 Å². The van der Waals surface area contributed by atoms with Gasteiger partial charge in [0.05, 0.1) is 29.6 Å². The van der Waals surface area contributed by atoms with Gasteiger partial charge in [-0.25, -0.2) is 14.5 Å². The second kappa shape index (κ2) is 6.92. The molecule has 27 heavy (non-hydrogen) atoms. The Balaban J connectivity index is 1.86. The Kier molecular flexibility index (Phi) is 4.45. The summed E-state index contributed by atoms with van der Waals surface area (Å²) >= 11 is 6.09. The Labute approximate surface area is 159 Å². The highest BCUT2D eigenvalue weighted by molar-refractivity contribution is 6.32. The fourth-order valence-corrected chi connectivity index (χ4v) is 3.09. The zero-order valence-electron chi connectivity index (χ0n) is 14.8. The Hall–Kier alpha value is -3.06. The number of hydrogen-bond donors (Lipinski definition) is 1. The molecule has 0 aliphatic carbocycles. The quantitative estimate of drug-likeness (QED) is 0.563. The average Bonchev–Trinajstić information content (AvgIpc) is 3.29. The van der Waals surface area contributed by atoms with Crippen LogP contribution in [0, 0.1) is 0 Å². The molecule has 4 aromatic rings. The molecule has 0 aliphatic heterocycles. The van der Waals surface area contributed by atoms with Crippen molar-refractivity contribution < 1.29 is 9.15 Å². The molecule has 138 valence electrons. The van der Waals surface area contributed by atoms with Gasteiger partial charge in [0.2, 0.25) is 5.89 Å². The van der Waals surface area contributed by atoms with Crippen molar-refractivity contribution in [2.45, 2.75) is 19.8 Å². The van der Waals surface area contributed by atoms with Crippen LogP contribution in [0.2, 0.25) is 5.02 Å². The third-order valence-electron chi connectivity index (χ3n) is 4.22. The predicted octanol–water partition coefficient (Wildman–Crippen LogP) is 3.96. The predicted molar refractivity (Wildman–Crippen MR) is 102 cm³/mol. The maximum Gasteiger partial charge on any atom is 0.273 e. The van der Waals surface area contributed by atoms with E-state index < -0.39 is 0 Å². The Morgan fingerprint density at radius 2 is 2.19 bits per heavy atom. The minimum absolute atomic E-state index is 0.240. The molecular weight excluding hydrogens is 368 g/mol. The number of halogens is 1. The molecule has 1 aromatic carbocycles. The lowest BCUT2D eigenvalue weighted by molar-refractivity contribution is 0.415. The lowest BCUT2D eigenvalue weighted by atomic mass is 10.1. The molecule has 0 radical (unpaired) electrons. The minimum atomic E-state index is -0.240. The van der Waals surface area contributed by atoms with Gasteiger partial charge in [0.15, 0.2) is 5.65 Å². The number of hydrogen-bond acceptors (Lipinski definition) is 5. The molecule has 0 spiro atoms. The highest BCUT2D eigenvalue weighted by Crippen LogP contribution is 2.30. The van der Waals surface area contributed by atoms with Crippen molar-refractivity contribution >= 4 is 17.2 Å². The number of rotatable bonds is 5. The molecular formula is C19H17ClN4O3.